The van der Waals surface area contributed by atoms with Crippen LogP contribution in [-0.4, -0.2) is 50.3 Å². The van der Waals surface area contributed by atoms with Crippen LogP contribution in [0.5, 0.6) is 0 Å². The lowest BCUT2D eigenvalue weighted by atomic mass is 10.0. The Morgan fingerprint density at radius 1 is 1.40 bits per heavy atom. The molecule has 0 saturated carbocycles. The first-order valence-corrected chi connectivity index (χ1v) is 6.31. The highest BCUT2D eigenvalue weighted by molar-refractivity contribution is 4.85. The van der Waals surface area contributed by atoms with Crippen molar-refractivity contribution in [2.45, 2.75) is 45.2 Å². The Kier molecular flexibility index (Phi) is 6.22. The van der Waals surface area contributed by atoms with Crippen molar-refractivity contribution in [3.8, 4) is 0 Å². The molecule has 0 spiro atoms. The molecule has 1 fully saturated rings. The minimum Gasteiger partial charge on any atom is -0.380 e. The molecule has 0 aromatic carbocycles. The maximum atomic E-state index is 5.58. The van der Waals surface area contributed by atoms with Crippen LogP contribution in [0.25, 0.3) is 0 Å². The topological polar surface area (TPSA) is 24.5 Å². The van der Waals surface area contributed by atoms with Crippen molar-refractivity contribution in [2.24, 2.45) is 0 Å². The summed E-state index contributed by atoms with van der Waals surface area (Å²) >= 11 is 0. The van der Waals surface area contributed by atoms with Crippen LogP contribution in [0.1, 0.15) is 33.1 Å². The van der Waals surface area contributed by atoms with Gasteiger partial charge in [0, 0.05) is 18.7 Å². The first-order chi connectivity index (χ1) is 7.29. The molecule has 0 aromatic heterocycles. The molecular formula is C12H26N2O. The normalized spacial score (nSPS) is 27.2. The van der Waals surface area contributed by atoms with Crippen molar-refractivity contribution in [3.05, 3.63) is 0 Å². The molecule has 2 unspecified atom stereocenters. The van der Waals surface area contributed by atoms with Crippen LogP contribution in [0.4, 0.5) is 0 Å². The van der Waals surface area contributed by atoms with Gasteiger partial charge in [0.05, 0.1) is 6.61 Å². The van der Waals surface area contributed by atoms with Gasteiger partial charge in [-0.2, -0.15) is 0 Å². The van der Waals surface area contributed by atoms with Gasteiger partial charge in [0.25, 0.3) is 0 Å². The van der Waals surface area contributed by atoms with Crippen LogP contribution >= 0.6 is 0 Å². The van der Waals surface area contributed by atoms with E-state index >= 15 is 0 Å². The molecule has 0 aromatic rings. The van der Waals surface area contributed by atoms with Crippen LogP contribution in [0, 0.1) is 0 Å². The number of ether oxygens (including phenoxy) is 1. The van der Waals surface area contributed by atoms with E-state index in [1.807, 2.05) is 0 Å². The molecule has 15 heavy (non-hydrogen) atoms. The zero-order valence-corrected chi connectivity index (χ0v) is 10.5. The van der Waals surface area contributed by atoms with Gasteiger partial charge in [-0.3, -0.25) is 4.90 Å². The average molecular weight is 214 g/mol. The van der Waals surface area contributed by atoms with E-state index in [1.165, 1.54) is 19.4 Å². The van der Waals surface area contributed by atoms with Gasteiger partial charge in [0.1, 0.15) is 0 Å². The van der Waals surface area contributed by atoms with E-state index < -0.39 is 0 Å². The van der Waals surface area contributed by atoms with Crippen LogP contribution < -0.4 is 5.32 Å². The van der Waals surface area contributed by atoms with Gasteiger partial charge in [-0.05, 0) is 33.0 Å². The minimum absolute atomic E-state index is 0.560. The van der Waals surface area contributed by atoms with Crippen LogP contribution in [0.2, 0.25) is 0 Å². The quantitative estimate of drug-likeness (QED) is 0.725. The molecule has 1 aliphatic rings. The van der Waals surface area contributed by atoms with Gasteiger partial charge < -0.3 is 10.1 Å². The van der Waals surface area contributed by atoms with Gasteiger partial charge in [-0.15, -0.1) is 0 Å². The van der Waals surface area contributed by atoms with Crippen LogP contribution in [0.3, 0.4) is 0 Å². The Morgan fingerprint density at radius 2 is 2.20 bits per heavy atom. The first kappa shape index (κ1) is 12.9. The van der Waals surface area contributed by atoms with Crippen molar-refractivity contribution in [3.63, 3.8) is 0 Å². The summed E-state index contributed by atoms with van der Waals surface area (Å²) in [4.78, 5) is 2.45. The SMILES string of the molecule is CCCCN(C)C1COCCC1NCC. The minimum atomic E-state index is 0.560. The zero-order chi connectivity index (χ0) is 11.1. The summed E-state index contributed by atoms with van der Waals surface area (Å²) < 4.78 is 5.58. The van der Waals surface area contributed by atoms with E-state index in [-0.39, 0.29) is 0 Å². The highest BCUT2D eigenvalue weighted by Gasteiger charge is 2.27. The number of hydrogen-bond donors (Lipinski definition) is 1. The highest BCUT2D eigenvalue weighted by atomic mass is 16.5. The largest absolute Gasteiger partial charge is 0.380 e. The third-order valence-corrected chi connectivity index (χ3v) is 3.22. The number of nitrogens with one attached hydrogen (secondary N) is 1. The summed E-state index contributed by atoms with van der Waals surface area (Å²) in [6, 6.07) is 1.18. The van der Waals surface area contributed by atoms with Gasteiger partial charge in [-0.1, -0.05) is 20.3 Å². The van der Waals surface area contributed by atoms with Crippen molar-refractivity contribution in [2.75, 3.05) is 33.4 Å². The Bertz CT molecular complexity index is 162. The second-order valence-electron chi connectivity index (χ2n) is 4.43. The maximum absolute atomic E-state index is 5.58. The molecule has 0 bridgehead atoms. The second-order valence-corrected chi connectivity index (χ2v) is 4.43. The summed E-state index contributed by atoms with van der Waals surface area (Å²) in [6.07, 6.45) is 3.70. The standard InChI is InChI=1S/C12H26N2O/c1-4-6-8-14(3)12-10-15-9-7-11(12)13-5-2/h11-13H,4-10H2,1-3H3. The third-order valence-electron chi connectivity index (χ3n) is 3.22. The Morgan fingerprint density at radius 3 is 2.87 bits per heavy atom. The average Bonchev–Trinajstić information content (AvgIpc) is 2.27. The van der Waals surface area contributed by atoms with Crippen molar-refractivity contribution in [1.29, 1.82) is 0 Å². The van der Waals surface area contributed by atoms with Gasteiger partial charge in [0.2, 0.25) is 0 Å². The monoisotopic (exact) mass is 214 g/mol. The molecule has 2 atom stereocenters. The van der Waals surface area contributed by atoms with E-state index in [1.54, 1.807) is 0 Å². The Hall–Kier alpha value is -0.120. The lowest BCUT2D eigenvalue weighted by molar-refractivity contribution is 0.00616. The molecule has 1 heterocycles. The molecule has 1 aliphatic heterocycles. The van der Waals surface area contributed by atoms with Gasteiger partial charge in [-0.25, -0.2) is 0 Å². The summed E-state index contributed by atoms with van der Waals surface area (Å²) in [5, 5.41) is 3.57. The molecule has 3 heteroatoms. The van der Waals surface area contributed by atoms with E-state index in [0.717, 1.165) is 26.2 Å². The lowest BCUT2D eigenvalue weighted by Crippen LogP contribution is -2.54. The molecule has 0 aliphatic carbocycles. The van der Waals surface area contributed by atoms with Crippen molar-refractivity contribution >= 4 is 0 Å². The van der Waals surface area contributed by atoms with E-state index in [4.69, 9.17) is 4.74 Å². The second kappa shape index (κ2) is 7.20. The van der Waals surface area contributed by atoms with Gasteiger partial charge >= 0.3 is 0 Å². The number of unbranched alkanes of at least 4 members (excludes halogenated alkanes) is 1. The van der Waals surface area contributed by atoms with E-state index in [2.05, 4.69) is 31.1 Å². The van der Waals surface area contributed by atoms with E-state index in [0.29, 0.717) is 12.1 Å². The summed E-state index contributed by atoms with van der Waals surface area (Å²) in [5.74, 6) is 0. The van der Waals surface area contributed by atoms with Gasteiger partial charge in [0.15, 0.2) is 0 Å². The van der Waals surface area contributed by atoms with Crippen LogP contribution in [-0.2, 0) is 4.74 Å². The lowest BCUT2D eigenvalue weighted by Gasteiger charge is -2.38. The molecule has 0 radical (unpaired) electrons. The third kappa shape index (κ3) is 4.09. The molecule has 1 rings (SSSR count). The molecule has 3 nitrogen and oxygen atoms in total. The molecule has 0 amide bonds. The smallest absolute Gasteiger partial charge is 0.0636 e. The number of likely N-dealkylation sites (N-methyl/N-ethyl adjacent to an activating group) is 2. The molecule has 1 N–H and O–H groups in total. The van der Waals surface area contributed by atoms with Crippen molar-refractivity contribution in [1.82, 2.24) is 10.2 Å². The summed E-state index contributed by atoms with van der Waals surface area (Å²) in [6.45, 7) is 8.47. The first-order valence-electron chi connectivity index (χ1n) is 6.31. The number of nitrogens with zero attached hydrogens (tertiary/aromatic N) is 1. The summed E-state index contributed by atoms with van der Waals surface area (Å²) in [5.41, 5.74) is 0. The van der Waals surface area contributed by atoms with E-state index in [9.17, 15) is 0 Å². The van der Waals surface area contributed by atoms with Crippen molar-refractivity contribution < 1.29 is 4.74 Å². The zero-order valence-electron chi connectivity index (χ0n) is 10.5. The number of hydrogen-bond acceptors (Lipinski definition) is 3. The Labute approximate surface area is 94.2 Å². The molecular weight excluding hydrogens is 188 g/mol. The Balaban J connectivity index is 2.39. The molecule has 90 valence electrons. The molecule has 1 saturated heterocycles. The maximum Gasteiger partial charge on any atom is 0.0636 e. The predicted octanol–water partition coefficient (Wildman–Crippen LogP) is 1.49. The highest BCUT2D eigenvalue weighted by Crippen LogP contribution is 2.13. The number of rotatable bonds is 6. The predicted molar refractivity (Wildman–Crippen MR) is 64.2 cm³/mol. The fourth-order valence-electron chi connectivity index (χ4n) is 2.23. The fraction of sp³-hybridized carbons (Fsp3) is 1.00. The fourth-order valence-corrected chi connectivity index (χ4v) is 2.23. The summed E-state index contributed by atoms with van der Waals surface area (Å²) in [7, 11) is 2.22. The van der Waals surface area contributed by atoms with Crippen LogP contribution in [0.15, 0.2) is 0 Å².